The van der Waals surface area contributed by atoms with Gasteiger partial charge >= 0.3 is 0 Å². The number of para-hydroxylation sites is 1. The predicted molar refractivity (Wildman–Crippen MR) is 102 cm³/mol. The van der Waals surface area contributed by atoms with E-state index in [9.17, 15) is 4.39 Å². The van der Waals surface area contributed by atoms with Gasteiger partial charge in [0.1, 0.15) is 6.10 Å². The van der Waals surface area contributed by atoms with Gasteiger partial charge in [0.15, 0.2) is 17.5 Å². The van der Waals surface area contributed by atoms with E-state index in [1.54, 1.807) is 25.2 Å². The number of aliphatic imine (C=N–C) groups is 1. The van der Waals surface area contributed by atoms with E-state index in [-0.39, 0.29) is 17.7 Å². The van der Waals surface area contributed by atoms with Crippen molar-refractivity contribution in [1.82, 2.24) is 20.4 Å². The second-order valence-electron chi connectivity index (χ2n) is 6.16. The molecule has 142 valence electrons. The summed E-state index contributed by atoms with van der Waals surface area (Å²) in [6.07, 6.45) is 0.589. The molecule has 26 heavy (non-hydrogen) atoms. The normalized spacial score (nSPS) is 12.8. The standard InChI is InChI=1S/C19H28FN5O/c1-6-15(26-18-10-8-7-9-17(18)20)11-22-19(21-4)23-12-16-13(2)24-25(5)14(16)3/h7-10,15H,6,11-12H2,1-5H3,(H2,21,22,23). The van der Waals surface area contributed by atoms with Gasteiger partial charge in [-0.05, 0) is 32.4 Å². The third-order valence-corrected chi connectivity index (χ3v) is 4.40. The molecule has 0 bridgehead atoms. The average molecular weight is 361 g/mol. The summed E-state index contributed by atoms with van der Waals surface area (Å²) in [7, 11) is 3.65. The smallest absolute Gasteiger partial charge is 0.191 e. The number of guanidine groups is 1. The molecule has 0 saturated heterocycles. The van der Waals surface area contributed by atoms with Crippen LogP contribution < -0.4 is 15.4 Å². The Bertz CT molecular complexity index is 756. The molecule has 1 unspecified atom stereocenters. The summed E-state index contributed by atoms with van der Waals surface area (Å²) in [4.78, 5) is 4.24. The molecular weight excluding hydrogens is 333 g/mol. The van der Waals surface area contributed by atoms with Gasteiger partial charge in [0, 0.05) is 31.9 Å². The molecule has 0 aliphatic carbocycles. The second-order valence-corrected chi connectivity index (χ2v) is 6.16. The van der Waals surface area contributed by atoms with Crippen LogP contribution in [0.3, 0.4) is 0 Å². The first kappa shape index (κ1) is 19.8. The van der Waals surface area contributed by atoms with Crippen molar-refractivity contribution in [3.8, 4) is 5.75 Å². The minimum Gasteiger partial charge on any atom is -0.486 e. The van der Waals surface area contributed by atoms with Gasteiger partial charge in [-0.25, -0.2) is 4.39 Å². The van der Waals surface area contributed by atoms with Crippen LogP contribution in [0.2, 0.25) is 0 Å². The predicted octanol–water partition coefficient (Wildman–Crippen LogP) is 2.70. The van der Waals surface area contributed by atoms with E-state index in [4.69, 9.17) is 4.74 Å². The van der Waals surface area contributed by atoms with Crippen molar-refractivity contribution >= 4 is 5.96 Å². The topological polar surface area (TPSA) is 63.5 Å². The Hall–Kier alpha value is -2.57. The Labute approximate surface area is 154 Å². The van der Waals surface area contributed by atoms with Crippen molar-refractivity contribution < 1.29 is 9.13 Å². The van der Waals surface area contributed by atoms with Crippen LogP contribution in [-0.2, 0) is 13.6 Å². The van der Waals surface area contributed by atoms with Gasteiger partial charge in [0.05, 0.1) is 12.2 Å². The van der Waals surface area contributed by atoms with Gasteiger partial charge in [0.2, 0.25) is 0 Å². The first-order chi connectivity index (χ1) is 12.5. The quantitative estimate of drug-likeness (QED) is 0.588. The SMILES string of the molecule is CCC(CNC(=NC)NCc1c(C)nn(C)c1C)Oc1ccccc1F. The summed E-state index contributed by atoms with van der Waals surface area (Å²) in [6, 6.07) is 6.45. The van der Waals surface area contributed by atoms with Crippen molar-refractivity contribution in [3.05, 3.63) is 47.0 Å². The van der Waals surface area contributed by atoms with E-state index in [0.29, 0.717) is 19.0 Å². The molecule has 0 aliphatic heterocycles. The summed E-state index contributed by atoms with van der Waals surface area (Å²) in [5.74, 6) is 0.588. The number of aryl methyl sites for hydroxylation is 2. The number of nitrogens with zero attached hydrogens (tertiary/aromatic N) is 3. The van der Waals surface area contributed by atoms with Gasteiger partial charge in [-0.1, -0.05) is 19.1 Å². The first-order valence-electron chi connectivity index (χ1n) is 8.81. The fourth-order valence-corrected chi connectivity index (χ4v) is 2.67. The number of rotatable bonds is 7. The molecule has 0 fully saturated rings. The molecule has 1 aromatic heterocycles. The lowest BCUT2D eigenvalue weighted by Gasteiger charge is -2.20. The minimum atomic E-state index is -0.351. The summed E-state index contributed by atoms with van der Waals surface area (Å²) in [5, 5.41) is 10.9. The lowest BCUT2D eigenvalue weighted by molar-refractivity contribution is 0.191. The Morgan fingerprint density at radius 3 is 2.62 bits per heavy atom. The van der Waals surface area contributed by atoms with E-state index in [2.05, 4.69) is 20.7 Å². The molecule has 6 nitrogen and oxygen atoms in total. The van der Waals surface area contributed by atoms with Crippen LogP contribution in [-0.4, -0.2) is 35.4 Å². The monoisotopic (exact) mass is 361 g/mol. The second kappa shape index (κ2) is 9.22. The minimum absolute atomic E-state index is 0.160. The van der Waals surface area contributed by atoms with Crippen LogP contribution >= 0.6 is 0 Å². The number of hydrogen-bond acceptors (Lipinski definition) is 3. The van der Waals surface area contributed by atoms with Crippen LogP contribution in [0, 0.1) is 19.7 Å². The zero-order chi connectivity index (χ0) is 19.1. The molecular formula is C19H28FN5O. The Balaban J connectivity index is 1.90. The van der Waals surface area contributed by atoms with Gasteiger partial charge in [-0.3, -0.25) is 9.67 Å². The maximum Gasteiger partial charge on any atom is 0.191 e. The summed E-state index contributed by atoms with van der Waals surface area (Å²) >= 11 is 0. The first-order valence-corrected chi connectivity index (χ1v) is 8.81. The zero-order valence-electron chi connectivity index (χ0n) is 16.1. The van der Waals surface area contributed by atoms with Crippen LogP contribution in [0.25, 0.3) is 0 Å². The highest BCUT2D eigenvalue weighted by Gasteiger charge is 2.13. The highest BCUT2D eigenvalue weighted by Crippen LogP contribution is 2.17. The Morgan fingerprint density at radius 1 is 1.31 bits per heavy atom. The third-order valence-electron chi connectivity index (χ3n) is 4.40. The Kier molecular flexibility index (Phi) is 7.00. The van der Waals surface area contributed by atoms with E-state index in [1.165, 1.54) is 6.07 Å². The van der Waals surface area contributed by atoms with E-state index >= 15 is 0 Å². The van der Waals surface area contributed by atoms with Crippen molar-refractivity contribution in [2.75, 3.05) is 13.6 Å². The number of halogens is 1. The molecule has 0 radical (unpaired) electrons. The number of nitrogens with one attached hydrogen (secondary N) is 2. The van der Waals surface area contributed by atoms with E-state index in [1.807, 2.05) is 32.5 Å². The molecule has 2 N–H and O–H groups in total. The fourth-order valence-electron chi connectivity index (χ4n) is 2.67. The van der Waals surface area contributed by atoms with Crippen LogP contribution in [0.15, 0.2) is 29.3 Å². The molecule has 0 saturated carbocycles. The largest absolute Gasteiger partial charge is 0.486 e. The summed E-state index contributed by atoms with van der Waals surface area (Å²) in [5.41, 5.74) is 3.28. The molecule has 1 heterocycles. The zero-order valence-corrected chi connectivity index (χ0v) is 16.1. The molecule has 1 aromatic carbocycles. The maximum atomic E-state index is 13.7. The highest BCUT2D eigenvalue weighted by molar-refractivity contribution is 5.79. The van der Waals surface area contributed by atoms with Crippen LogP contribution in [0.1, 0.15) is 30.3 Å². The van der Waals surface area contributed by atoms with E-state index < -0.39 is 0 Å². The molecule has 0 spiro atoms. The summed E-state index contributed by atoms with van der Waals surface area (Å²) < 4.78 is 21.4. The molecule has 2 rings (SSSR count). The lowest BCUT2D eigenvalue weighted by Crippen LogP contribution is -2.42. The molecule has 2 aromatic rings. The van der Waals surface area contributed by atoms with Crippen molar-refractivity contribution in [1.29, 1.82) is 0 Å². The third kappa shape index (κ3) is 4.97. The van der Waals surface area contributed by atoms with Crippen LogP contribution in [0.5, 0.6) is 5.75 Å². The fraction of sp³-hybridized carbons (Fsp3) is 0.474. The summed E-state index contributed by atoms with van der Waals surface area (Å²) in [6.45, 7) is 7.20. The molecule has 0 amide bonds. The highest BCUT2D eigenvalue weighted by atomic mass is 19.1. The van der Waals surface area contributed by atoms with Gasteiger partial charge < -0.3 is 15.4 Å². The van der Waals surface area contributed by atoms with Crippen molar-refractivity contribution in [3.63, 3.8) is 0 Å². The average Bonchev–Trinajstić information content (AvgIpc) is 2.87. The van der Waals surface area contributed by atoms with Gasteiger partial charge in [0.25, 0.3) is 0 Å². The van der Waals surface area contributed by atoms with Gasteiger partial charge in [-0.2, -0.15) is 5.10 Å². The maximum absolute atomic E-state index is 13.7. The molecule has 0 aliphatic rings. The van der Waals surface area contributed by atoms with Crippen LogP contribution in [0.4, 0.5) is 4.39 Å². The number of hydrogen-bond donors (Lipinski definition) is 2. The van der Waals surface area contributed by atoms with Crippen molar-refractivity contribution in [2.45, 2.75) is 39.8 Å². The van der Waals surface area contributed by atoms with Crippen molar-refractivity contribution in [2.24, 2.45) is 12.0 Å². The molecule has 7 heteroatoms. The van der Waals surface area contributed by atoms with E-state index in [0.717, 1.165) is 23.4 Å². The number of benzene rings is 1. The Morgan fingerprint density at radius 2 is 2.04 bits per heavy atom. The van der Waals surface area contributed by atoms with Gasteiger partial charge in [-0.15, -0.1) is 0 Å². The number of ether oxygens (including phenoxy) is 1. The number of aromatic nitrogens is 2. The lowest BCUT2D eigenvalue weighted by atomic mass is 10.2. The molecule has 1 atom stereocenters.